The molecule has 0 atom stereocenters. The van der Waals surface area contributed by atoms with Crippen molar-refractivity contribution in [3.05, 3.63) is 43.3 Å². The van der Waals surface area contributed by atoms with Gasteiger partial charge < -0.3 is 9.72 Å². The molecule has 32 heavy (non-hydrogen) atoms. The quantitative estimate of drug-likeness (QED) is 0.425. The summed E-state index contributed by atoms with van der Waals surface area (Å²) in [5, 5.41) is 9.76. The van der Waals surface area contributed by atoms with Crippen LogP contribution < -0.4 is 10.5 Å². The van der Waals surface area contributed by atoms with Gasteiger partial charge in [0, 0.05) is 18.7 Å². The van der Waals surface area contributed by atoms with Gasteiger partial charge in [-0.3, -0.25) is 14.5 Å². The fourth-order valence-electron chi connectivity index (χ4n) is 3.52. The van der Waals surface area contributed by atoms with Crippen LogP contribution in [0.3, 0.4) is 0 Å². The smallest absolute Gasteiger partial charge is 0.350 e. The molecule has 0 aliphatic rings. The van der Waals surface area contributed by atoms with Crippen molar-refractivity contribution in [3.63, 3.8) is 0 Å². The van der Waals surface area contributed by atoms with Crippen LogP contribution in [-0.2, 0) is 16.0 Å². The molecule has 0 aliphatic carbocycles. The molecule has 2 rings (SSSR count). The van der Waals surface area contributed by atoms with Gasteiger partial charge in [0.25, 0.3) is 5.56 Å². The number of pyridine rings is 1. The number of nitrogens with one attached hydrogen (secondary N) is 1. The summed E-state index contributed by atoms with van der Waals surface area (Å²) in [6, 6.07) is 1.94. The number of nitrogens with zero attached hydrogens (tertiary/aromatic N) is 3. The number of nitriles is 1. The summed E-state index contributed by atoms with van der Waals surface area (Å²) in [6.45, 7) is 9.85. The first kappa shape index (κ1) is 25.3. The number of aromatic nitrogens is 2. The molecule has 2 heterocycles. The average molecular weight is 459 g/mol. The number of anilines is 1. The molecule has 2 aromatic rings. The van der Waals surface area contributed by atoms with Gasteiger partial charge in [0.15, 0.2) is 5.13 Å². The summed E-state index contributed by atoms with van der Waals surface area (Å²) in [6.07, 6.45) is 3.40. The number of carbonyl (C=O) groups is 2. The number of esters is 1. The summed E-state index contributed by atoms with van der Waals surface area (Å²) < 4.78 is 5.10. The number of H-pyrrole nitrogens is 1. The van der Waals surface area contributed by atoms with Crippen LogP contribution in [0.15, 0.2) is 4.79 Å². The molecular weight excluding hydrogens is 428 g/mol. The lowest BCUT2D eigenvalue weighted by molar-refractivity contribution is -0.118. The van der Waals surface area contributed by atoms with Crippen molar-refractivity contribution < 1.29 is 14.3 Å². The zero-order valence-electron chi connectivity index (χ0n) is 19.3. The van der Waals surface area contributed by atoms with Gasteiger partial charge in [-0.2, -0.15) is 5.26 Å². The van der Waals surface area contributed by atoms with Crippen LogP contribution in [0.5, 0.6) is 0 Å². The van der Waals surface area contributed by atoms with Crippen molar-refractivity contribution >= 4 is 28.3 Å². The number of unbranched alkanes of at least 4 members (excludes halogenated alkanes) is 2. The summed E-state index contributed by atoms with van der Waals surface area (Å²) >= 11 is 1.17. The molecule has 0 radical (unpaired) electrons. The number of aromatic amines is 1. The van der Waals surface area contributed by atoms with E-state index in [1.807, 2.05) is 6.07 Å². The van der Waals surface area contributed by atoms with Gasteiger partial charge in [-0.05, 0) is 51.7 Å². The Morgan fingerprint density at radius 1 is 1.22 bits per heavy atom. The number of ether oxygens (including phenoxy) is 1. The van der Waals surface area contributed by atoms with E-state index < -0.39 is 11.5 Å². The number of aryl methyl sites for hydroxylation is 2. The Bertz CT molecular complexity index is 1080. The second kappa shape index (κ2) is 11.6. The average Bonchev–Trinajstić information content (AvgIpc) is 3.12. The Kier molecular flexibility index (Phi) is 9.14. The molecule has 0 spiro atoms. The molecule has 2 aromatic heterocycles. The highest BCUT2D eigenvalue weighted by atomic mass is 32.1. The molecule has 8 nitrogen and oxygen atoms in total. The summed E-state index contributed by atoms with van der Waals surface area (Å²) in [5.41, 5.74) is 2.27. The minimum Gasteiger partial charge on any atom is -0.462 e. The Hall–Kier alpha value is -2.99. The molecule has 1 amide bonds. The molecule has 0 aromatic carbocycles. The minimum atomic E-state index is -0.432. The van der Waals surface area contributed by atoms with Gasteiger partial charge in [-0.25, -0.2) is 9.78 Å². The first-order valence-electron chi connectivity index (χ1n) is 10.8. The lowest BCUT2D eigenvalue weighted by Crippen LogP contribution is -2.32. The first-order valence-corrected chi connectivity index (χ1v) is 11.6. The van der Waals surface area contributed by atoms with Crippen molar-refractivity contribution in [2.45, 2.75) is 66.7 Å². The standard InChI is InChI=1S/C23H30N4O4S/c1-6-8-9-12-27(23-26-16(5)20(32-23)22(30)31-7-2)19(28)11-10-17-14(3)18(13-24)21(29)25-15(17)4/h6-12H2,1-5H3,(H,25,29). The molecule has 0 saturated carbocycles. The summed E-state index contributed by atoms with van der Waals surface area (Å²) in [7, 11) is 0. The highest BCUT2D eigenvalue weighted by Gasteiger charge is 2.24. The third kappa shape index (κ3) is 5.82. The molecule has 0 bridgehead atoms. The SMILES string of the molecule is CCCCCN(C(=O)CCc1c(C)[nH]c(=O)c(C#N)c1C)c1nc(C)c(C(=O)OCC)s1. The van der Waals surface area contributed by atoms with Crippen molar-refractivity contribution in [1.82, 2.24) is 9.97 Å². The topological polar surface area (TPSA) is 116 Å². The van der Waals surface area contributed by atoms with Crippen LogP contribution in [0.4, 0.5) is 5.13 Å². The maximum absolute atomic E-state index is 13.2. The largest absolute Gasteiger partial charge is 0.462 e. The predicted octanol–water partition coefficient (Wildman–Crippen LogP) is 3.96. The van der Waals surface area contributed by atoms with E-state index in [-0.39, 0.29) is 24.5 Å². The maximum Gasteiger partial charge on any atom is 0.350 e. The zero-order valence-corrected chi connectivity index (χ0v) is 20.1. The minimum absolute atomic E-state index is 0.0764. The Balaban J connectivity index is 2.28. The van der Waals surface area contributed by atoms with Crippen LogP contribution in [0.1, 0.15) is 77.3 Å². The normalized spacial score (nSPS) is 10.6. The zero-order chi connectivity index (χ0) is 23.8. The molecule has 1 N–H and O–H groups in total. The van der Waals surface area contributed by atoms with Gasteiger partial charge in [-0.1, -0.05) is 31.1 Å². The van der Waals surface area contributed by atoms with Gasteiger partial charge >= 0.3 is 5.97 Å². The molecule has 9 heteroatoms. The van der Waals surface area contributed by atoms with Crippen molar-refractivity contribution in [2.75, 3.05) is 18.1 Å². The van der Waals surface area contributed by atoms with Crippen molar-refractivity contribution in [3.8, 4) is 6.07 Å². The first-order chi connectivity index (χ1) is 15.2. The van der Waals surface area contributed by atoms with Gasteiger partial charge in [0.1, 0.15) is 16.5 Å². The number of thiazole rings is 1. The fourth-order valence-corrected chi connectivity index (χ4v) is 4.52. The summed E-state index contributed by atoms with van der Waals surface area (Å²) in [5.74, 6) is -0.549. The molecule has 0 saturated heterocycles. The second-order valence-corrected chi connectivity index (χ2v) is 8.53. The Morgan fingerprint density at radius 3 is 2.56 bits per heavy atom. The maximum atomic E-state index is 13.2. The number of carbonyl (C=O) groups excluding carboxylic acids is 2. The van der Waals surface area contributed by atoms with Crippen LogP contribution in [0.25, 0.3) is 0 Å². The van der Waals surface area contributed by atoms with E-state index in [2.05, 4.69) is 16.9 Å². The molecular formula is C23H30N4O4S. The molecule has 0 aliphatic heterocycles. The van der Waals surface area contributed by atoms with E-state index in [4.69, 9.17) is 4.74 Å². The summed E-state index contributed by atoms with van der Waals surface area (Å²) in [4.78, 5) is 46.6. The highest BCUT2D eigenvalue weighted by molar-refractivity contribution is 7.17. The fraction of sp³-hybridized carbons (Fsp3) is 0.522. The van der Waals surface area contributed by atoms with E-state index in [1.165, 1.54) is 11.3 Å². The third-order valence-electron chi connectivity index (χ3n) is 5.27. The lowest BCUT2D eigenvalue weighted by Gasteiger charge is -2.20. The van der Waals surface area contributed by atoms with Gasteiger partial charge in [-0.15, -0.1) is 0 Å². The Labute approximate surface area is 192 Å². The number of amides is 1. The highest BCUT2D eigenvalue weighted by Crippen LogP contribution is 2.28. The van der Waals surface area contributed by atoms with Crippen LogP contribution in [-0.4, -0.2) is 35.0 Å². The van der Waals surface area contributed by atoms with E-state index in [0.717, 1.165) is 24.8 Å². The van der Waals surface area contributed by atoms with Gasteiger partial charge in [0.05, 0.1) is 12.3 Å². The van der Waals surface area contributed by atoms with E-state index in [0.29, 0.717) is 39.9 Å². The van der Waals surface area contributed by atoms with E-state index >= 15 is 0 Å². The number of hydrogen-bond donors (Lipinski definition) is 1. The number of hydrogen-bond acceptors (Lipinski definition) is 7. The lowest BCUT2D eigenvalue weighted by atomic mass is 9.99. The van der Waals surface area contributed by atoms with E-state index in [1.54, 1.807) is 32.6 Å². The molecule has 0 unspecified atom stereocenters. The third-order valence-corrected chi connectivity index (χ3v) is 6.43. The van der Waals surface area contributed by atoms with Crippen LogP contribution in [0, 0.1) is 32.1 Å². The predicted molar refractivity (Wildman–Crippen MR) is 124 cm³/mol. The van der Waals surface area contributed by atoms with Crippen LogP contribution >= 0.6 is 11.3 Å². The van der Waals surface area contributed by atoms with E-state index in [9.17, 15) is 19.6 Å². The van der Waals surface area contributed by atoms with Crippen molar-refractivity contribution in [2.24, 2.45) is 0 Å². The van der Waals surface area contributed by atoms with Gasteiger partial charge in [0.2, 0.25) is 5.91 Å². The molecule has 172 valence electrons. The monoisotopic (exact) mass is 458 g/mol. The molecule has 0 fully saturated rings. The van der Waals surface area contributed by atoms with Crippen molar-refractivity contribution in [1.29, 1.82) is 5.26 Å². The van der Waals surface area contributed by atoms with Crippen LogP contribution in [0.2, 0.25) is 0 Å². The number of rotatable bonds is 10. The Morgan fingerprint density at radius 2 is 1.94 bits per heavy atom. The second-order valence-electron chi connectivity index (χ2n) is 7.55.